The van der Waals surface area contributed by atoms with Crippen molar-refractivity contribution in [2.75, 3.05) is 23.3 Å². The molecular formula is C24H27N5O2. The molecule has 1 aliphatic rings. The molecule has 4 rings (SSSR count). The fraction of sp³-hybridized carbons (Fsp3) is 0.292. The molecule has 160 valence electrons. The van der Waals surface area contributed by atoms with Crippen LogP contribution in [-0.2, 0) is 4.79 Å². The van der Waals surface area contributed by atoms with E-state index in [0.29, 0.717) is 5.56 Å². The van der Waals surface area contributed by atoms with Crippen LogP contribution < -0.4 is 16.0 Å². The number of amides is 2. The summed E-state index contributed by atoms with van der Waals surface area (Å²) >= 11 is 0. The molecule has 3 aromatic rings. The van der Waals surface area contributed by atoms with E-state index in [0.717, 1.165) is 54.4 Å². The van der Waals surface area contributed by atoms with Crippen LogP contribution >= 0.6 is 0 Å². The number of aryl methyl sites for hydroxylation is 1. The highest BCUT2D eigenvalue weighted by molar-refractivity contribution is 6.07. The molecule has 1 aliphatic heterocycles. The third kappa shape index (κ3) is 4.17. The lowest BCUT2D eigenvalue weighted by Gasteiger charge is -2.33. The first-order valence-electron chi connectivity index (χ1n) is 10.5. The number of benzene rings is 1. The summed E-state index contributed by atoms with van der Waals surface area (Å²) in [5.41, 5.74) is 10.6. The number of hydrogen-bond acceptors (Lipinski definition) is 4. The number of hydrogen-bond donors (Lipinski definition) is 2. The molecule has 1 fully saturated rings. The van der Waals surface area contributed by atoms with Crippen molar-refractivity contribution in [3.8, 4) is 5.69 Å². The number of carbonyl (C=O) groups excluding carboxylic acids is 2. The zero-order valence-electron chi connectivity index (χ0n) is 17.8. The van der Waals surface area contributed by atoms with Crippen molar-refractivity contribution in [3.63, 3.8) is 0 Å². The number of nitrogens with two attached hydrogens (primary N) is 1. The maximum atomic E-state index is 13.2. The average Bonchev–Trinajstić information content (AvgIpc) is 3.09. The molecule has 0 spiro atoms. The number of para-hydroxylation sites is 2. The van der Waals surface area contributed by atoms with Crippen LogP contribution in [0.3, 0.4) is 0 Å². The SMILES string of the molecule is Cc1cc(C(=O)Nc2ccccc2N2CCC(C(N)=O)CC2)c(C)n1-c1cccnc1. The Morgan fingerprint density at radius 2 is 1.84 bits per heavy atom. The number of nitrogens with one attached hydrogen (secondary N) is 1. The van der Waals surface area contributed by atoms with Gasteiger partial charge in [-0.15, -0.1) is 0 Å². The van der Waals surface area contributed by atoms with Crippen LogP contribution in [0, 0.1) is 19.8 Å². The Bertz CT molecular complexity index is 1100. The number of primary amides is 1. The van der Waals surface area contributed by atoms with Crippen LogP contribution in [0.5, 0.6) is 0 Å². The van der Waals surface area contributed by atoms with Gasteiger partial charge in [0, 0.05) is 36.6 Å². The Hall–Kier alpha value is -3.61. The van der Waals surface area contributed by atoms with Crippen molar-refractivity contribution >= 4 is 23.2 Å². The molecule has 31 heavy (non-hydrogen) atoms. The Morgan fingerprint density at radius 1 is 1.10 bits per heavy atom. The second-order valence-electron chi connectivity index (χ2n) is 7.97. The molecular weight excluding hydrogens is 390 g/mol. The zero-order valence-corrected chi connectivity index (χ0v) is 17.8. The fourth-order valence-corrected chi connectivity index (χ4v) is 4.33. The van der Waals surface area contributed by atoms with E-state index in [4.69, 9.17) is 5.73 Å². The molecule has 0 saturated carbocycles. The number of piperidine rings is 1. The van der Waals surface area contributed by atoms with Crippen LogP contribution in [0.2, 0.25) is 0 Å². The minimum atomic E-state index is -0.231. The van der Waals surface area contributed by atoms with E-state index < -0.39 is 0 Å². The first-order valence-corrected chi connectivity index (χ1v) is 10.5. The Balaban J connectivity index is 1.56. The maximum Gasteiger partial charge on any atom is 0.257 e. The van der Waals surface area contributed by atoms with Gasteiger partial charge < -0.3 is 20.5 Å². The smallest absolute Gasteiger partial charge is 0.257 e. The van der Waals surface area contributed by atoms with Crippen LogP contribution in [0.4, 0.5) is 11.4 Å². The predicted molar refractivity (Wildman–Crippen MR) is 122 cm³/mol. The quantitative estimate of drug-likeness (QED) is 0.665. The largest absolute Gasteiger partial charge is 0.370 e. The van der Waals surface area contributed by atoms with Gasteiger partial charge in [-0.05, 0) is 57.0 Å². The van der Waals surface area contributed by atoms with Gasteiger partial charge in [0.2, 0.25) is 5.91 Å². The molecule has 0 atom stereocenters. The maximum absolute atomic E-state index is 13.2. The second kappa shape index (κ2) is 8.63. The Morgan fingerprint density at radius 3 is 2.52 bits per heavy atom. The fourth-order valence-electron chi connectivity index (χ4n) is 4.33. The lowest BCUT2D eigenvalue weighted by atomic mass is 9.96. The molecule has 7 heteroatoms. The Kier molecular flexibility index (Phi) is 5.75. The number of rotatable bonds is 5. The monoisotopic (exact) mass is 417 g/mol. The van der Waals surface area contributed by atoms with Crippen molar-refractivity contribution in [1.29, 1.82) is 0 Å². The van der Waals surface area contributed by atoms with E-state index in [-0.39, 0.29) is 17.7 Å². The number of carbonyl (C=O) groups is 2. The molecule has 3 heterocycles. The van der Waals surface area contributed by atoms with E-state index in [1.807, 2.05) is 60.9 Å². The summed E-state index contributed by atoms with van der Waals surface area (Å²) in [5, 5.41) is 3.09. The first kappa shape index (κ1) is 20.7. The highest BCUT2D eigenvalue weighted by Gasteiger charge is 2.25. The molecule has 0 aliphatic carbocycles. The van der Waals surface area contributed by atoms with Crippen LogP contribution in [-0.4, -0.2) is 34.5 Å². The summed E-state index contributed by atoms with van der Waals surface area (Å²) < 4.78 is 2.03. The topological polar surface area (TPSA) is 93.3 Å². The third-order valence-electron chi connectivity index (χ3n) is 5.97. The standard InChI is InChI=1S/C24H27N5O2/c1-16-14-20(17(2)29(16)19-6-5-11-26-15-19)24(31)27-21-7-3-4-8-22(21)28-12-9-18(10-13-28)23(25)30/h3-8,11,14-15,18H,9-10,12-13H2,1-2H3,(H2,25,30)(H,27,31). The van der Waals surface area contributed by atoms with Gasteiger partial charge in [-0.2, -0.15) is 0 Å². The second-order valence-corrected chi connectivity index (χ2v) is 7.97. The van der Waals surface area contributed by atoms with Gasteiger partial charge in [0.1, 0.15) is 0 Å². The van der Waals surface area contributed by atoms with Gasteiger partial charge in [-0.3, -0.25) is 14.6 Å². The molecule has 0 unspecified atom stereocenters. The third-order valence-corrected chi connectivity index (χ3v) is 5.97. The van der Waals surface area contributed by atoms with Crippen LogP contribution in [0.15, 0.2) is 54.9 Å². The van der Waals surface area contributed by atoms with Crippen LogP contribution in [0.25, 0.3) is 5.69 Å². The van der Waals surface area contributed by atoms with E-state index in [1.54, 1.807) is 12.4 Å². The van der Waals surface area contributed by atoms with E-state index >= 15 is 0 Å². The van der Waals surface area contributed by atoms with Gasteiger partial charge >= 0.3 is 0 Å². The molecule has 7 nitrogen and oxygen atoms in total. The van der Waals surface area contributed by atoms with Gasteiger partial charge in [0.25, 0.3) is 5.91 Å². The van der Waals surface area contributed by atoms with Crippen molar-refractivity contribution in [2.45, 2.75) is 26.7 Å². The van der Waals surface area contributed by atoms with Gasteiger partial charge in [-0.25, -0.2) is 0 Å². The zero-order chi connectivity index (χ0) is 22.0. The van der Waals surface area contributed by atoms with Crippen LogP contribution in [0.1, 0.15) is 34.6 Å². The molecule has 2 amide bonds. The van der Waals surface area contributed by atoms with Gasteiger partial charge in [0.05, 0.1) is 28.8 Å². The summed E-state index contributed by atoms with van der Waals surface area (Å²) in [6, 6.07) is 13.5. The minimum absolute atomic E-state index is 0.0733. The van der Waals surface area contributed by atoms with E-state index in [1.165, 1.54) is 0 Å². The van der Waals surface area contributed by atoms with E-state index in [9.17, 15) is 9.59 Å². The highest BCUT2D eigenvalue weighted by atomic mass is 16.2. The van der Waals surface area contributed by atoms with E-state index in [2.05, 4.69) is 15.2 Å². The summed E-state index contributed by atoms with van der Waals surface area (Å²) in [4.78, 5) is 31.1. The number of nitrogens with zero attached hydrogens (tertiary/aromatic N) is 3. The van der Waals surface area contributed by atoms with Gasteiger partial charge in [0.15, 0.2) is 0 Å². The molecule has 3 N–H and O–H groups in total. The van der Waals surface area contributed by atoms with Gasteiger partial charge in [-0.1, -0.05) is 12.1 Å². The summed E-state index contributed by atoms with van der Waals surface area (Å²) in [5.74, 6) is -0.455. The Labute approximate surface area is 181 Å². The van der Waals surface area contributed by atoms with Crippen molar-refractivity contribution < 1.29 is 9.59 Å². The minimum Gasteiger partial charge on any atom is -0.370 e. The normalized spacial score (nSPS) is 14.5. The summed E-state index contributed by atoms with van der Waals surface area (Å²) in [7, 11) is 0. The predicted octanol–water partition coefficient (Wildman–Crippen LogP) is 3.44. The van der Waals surface area contributed by atoms with Crippen molar-refractivity contribution in [1.82, 2.24) is 9.55 Å². The molecule has 1 saturated heterocycles. The highest BCUT2D eigenvalue weighted by Crippen LogP contribution is 2.30. The summed E-state index contributed by atoms with van der Waals surface area (Å²) in [6.45, 7) is 5.38. The summed E-state index contributed by atoms with van der Waals surface area (Å²) in [6.07, 6.45) is 4.97. The first-order chi connectivity index (χ1) is 15.0. The molecule has 1 aromatic carbocycles. The molecule has 0 bridgehead atoms. The lowest BCUT2D eigenvalue weighted by Crippen LogP contribution is -2.38. The average molecular weight is 418 g/mol. The number of anilines is 2. The molecule has 0 radical (unpaired) electrons. The lowest BCUT2D eigenvalue weighted by molar-refractivity contribution is -0.122. The van der Waals surface area contributed by atoms with Crippen molar-refractivity contribution in [2.24, 2.45) is 11.7 Å². The molecule has 2 aromatic heterocycles. The number of aromatic nitrogens is 2. The van der Waals surface area contributed by atoms with Crippen molar-refractivity contribution in [3.05, 3.63) is 71.8 Å². The number of pyridine rings is 1.